The van der Waals surface area contributed by atoms with Gasteiger partial charge in [0.25, 0.3) is 0 Å². The summed E-state index contributed by atoms with van der Waals surface area (Å²) in [5.74, 6) is 2.61. The molecule has 0 bridgehead atoms. The van der Waals surface area contributed by atoms with Crippen molar-refractivity contribution >= 4 is 5.78 Å². The molecule has 4 atom stereocenters. The zero-order valence-electron chi connectivity index (χ0n) is 8.05. The summed E-state index contributed by atoms with van der Waals surface area (Å²) in [6, 6.07) is 0. The van der Waals surface area contributed by atoms with Gasteiger partial charge in [-0.3, -0.25) is 4.79 Å². The van der Waals surface area contributed by atoms with Crippen LogP contribution < -0.4 is 0 Å². The molecule has 3 rings (SSSR count). The highest BCUT2D eigenvalue weighted by molar-refractivity contribution is 5.88. The average Bonchev–Trinajstić information content (AvgIpc) is 2.56. The molecule has 1 heteroatoms. The fourth-order valence-electron chi connectivity index (χ4n) is 4.78. The van der Waals surface area contributed by atoms with Crippen molar-refractivity contribution in [2.75, 3.05) is 0 Å². The molecular formula is C11H16O. The van der Waals surface area contributed by atoms with E-state index in [1.807, 2.05) is 0 Å². The lowest BCUT2D eigenvalue weighted by Gasteiger charge is -2.50. The van der Waals surface area contributed by atoms with Crippen molar-refractivity contribution in [2.45, 2.75) is 33.6 Å². The highest BCUT2D eigenvalue weighted by atomic mass is 16.1. The summed E-state index contributed by atoms with van der Waals surface area (Å²) in [7, 11) is 0. The molecule has 1 nitrogen and oxygen atoms in total. The van der Waals surface area contributed by atoms with Gasteiger partial charge >= 0.3 is 0 Å². The van der Waals surface area contributed by atoms with E-state index in [0.717, 1.165) is 24.7 Å². The van der Waals surface area contributed by atoms with Gasteiger partial charge in [-0.1, -0.05) is 20.8 Å². The minimum absolute atomic E-state index is 0.457. The molecule has 0 aromatic rings. The van der Waals surface area contributed by atoms with Crippen molar-refractivity contribution in [1.82, 2.24) is 0 Å². The molecule has 0 spiro atoms. The van der Waals surface area contributed by atoms with Crippen LogP contribution in [0, 0.1) is 28.6 Å². The van der Waals surface area contributed by atoms with Gasteiger partial charge in [0.15, 0.2) is 0 Å². The van der Waals surface area contributed by atoms with E-state index in [1.54, 1.807) is 0 Å². The molecule has 0 saturated heterocycles. The molecule has 3 aliphatic rings. The SMILES string of the molecule is CC1(C)C2CCC(=O)C3C1C32C. The Kier molecular flexibility index (Phi) is 0.897. The minimum atomic E-state index is 0.457. The predicted molar refractivity (Wildman–Crippen MR) is 46.6 cm³/mol. The average molecular weight is 164 g/mol. The van der Waals surface area contributed by atoms with Gasteiger partial charge in [0.1, 0.15) is 5.78 Å². The molecule has 0 heterocycles. The number of hydrogen-bond donors (Lipinski definition) is 0. The quantitative estimate of drug-likeness (QED) is 0.536. The van der Waals surface area contributed by atoms with E-state index < -0.39 is 0 Å². The van der Waals surface area contributed by atoms with Gasteiger partial charge in [0.05, 0.1) is 0 Å². The molecule has 12 heavy (non-hydrogen) atoms. The van der Waals surface area contributed by atoms with Gasteiger partial charge < -0.3 is 0 Å². The van der Waals surface area contributed by atoms with E-state index in [9.17, 15) is 4.79 Å². The molecule has 0 aliphatic heterocycles. The summed E-state index contributed by atoms with van der Waals surface area (Å²) in [6.07, 6.45) is 2.03. The van der Waals surface area contributed by atoms with Crippen LogP contribution in [-0.2, 0) is 4.79 Å². The lowest BCUT2D eigenvalue weighted by Crippen LogP contribution is -2.45. The lowest BCUT2D eigenvalue weighted by molar-refractivity contribution is -0.123. The van der Waals surface area contributed by atoms with Crippen LogP contribution in [0.1, 0.15) is 33.6 Å². The molecule has 3 saturated carbocycles. The van der Waals surface area contributed by atoms with Crippen molar-refractivity contribution in [3.63, 3.8) is 0 Å². The molecule has 3 fully saturated rings. The van der Waals surface area contributed by atoms with Crippen LogP contribution in [0.2, 0.25) is 0 Å². The molecule has 3 aliphatic carbocycles. The normalized spacial score (nSPS) is 58.9. The van der Waals surface area contributed by atoms with Crippen molar-refractivity contribution in [2.24, 2.45) is 28.6 Å². The topological polar surface area (TPSA) is 17.1 Å². The highest BCUT2D eigenvalue weighted by Crippen LogP contribution is 2.85. The van der Waals surface area contributed by atoms with Crippen LogP contribution in [-0.4, -0.2) is 5.78 Å². The van der Waals surface area contributed by atoms with Crippen molar-refractivity contribution in [1.29, 1.82) is 0 Å². The van der Waals surface area contributed by atoms with E-state index in [2.05, 4.69) is 20.8 Å². The summed E-state index contributed by atoms with van der Waals surface area (Å²) >= 11 is 0. The minimum Gasteiger partial charge on any atom is -0.299 e. The van der Waals surface area contributed by atoms with E-state index in [-0.39, 0.29) is 0 Å². The highest BCUT2D eigenvalue weighted by Gasteiger charge is 2.84. The number of fused-ring (bicyclic) bond motifs is 1. The first-order valence-corrected chi connectivity index (χ1v) is 5.03. The Bertz CT molecular complexity index is 279. The molecule has 0 radical (unpaired) electrons. The predicted octanol–water partition coefficient (Wildman–Crippen LogP) is 2.26. The van der Waals surface area contributed by atoms with Crippen molar-refractivity contribution in [3.05, 3.63) is 0 Å². The third-order valence-electron chi connectivity index (χ3n) is 5.04. The fraction of sp³-hybridized carbons (Fsp3) is 0.909. The Morgan fingerprint density at radius 3 is 2.58 bits per heavy atom. The van der Waals surface area contributed by atoms with Gasteiger partial charge in [-0.05, 0) is 29.1 Å². The van der Waals surface area contributed by atoms with Crippen LogP contribution in [0.25, 0.3) is 0 Å². The Hall–Kier alpha value is -0.330. The van der Waals surface area contributed by atoms with E-state index in [4.69, 9.17) is 0 Å². The zero-order chi connectivity index (χ0) is 8.72. The number of rotatable bonds is 0. The number of carbonyl (C=O) groups is 1. The smallest absolute Gasteiger partial charge is 0.136 e. The van der Waals surface area contributed by atoms with E-state index in [0.29, 0.717) is 22.5 Å². The molecule has 4 unspecified atom stereocenters. The van der Waals surface area contributed by atoms with Crippen LogP contribution in [0.3, 0.4) is 0 Å². The van der Waals surface area contributed by atoms with E-state index in [1.165, 1.54) is 0 Å². The monoisotopic (exact) mass is 164 g/mol. The Morgan fingerprint density at radius 1 is 1.33 bits per heavy atom. The second kappa shape index (κ2) is 1.51. The first-order chi connectivity index (χ1) is 5.50. The van der Waals surface area contributed by atoms with Crippen molar-refractivity contribution < 1.29 is 4.79 Å². The number of ketones is 1. The maximum absolute atomic E-state index is 11.6. The number of carbonyl (C=O) groups excluding carboxylic acids is 1. The summed E-state index contributed by atoms with van der Waals surface area (Å²) in [4.78, 5) is 11.6. The molecule has 66 valence electrons. The van der Waals surface area contributed by atoms with Crippen LogP contribution in [0.4, 0.5) is 0 Å². The molecule has 0 N–H and O–H groups in total. The van der Waals surface area contributed by atoms with Crippen LogP contribution in [0.15, 0.2) is 0 Å². The van der Waals surface area contributed by atoms with Gasteiger partial charge in [-0.2, -0.15) is 0 Å². The third-order valence-corrected chi connectivity index (χ3v) is 5.04. The fourth-order valence-corrected chi connectivity index (χ4v) is 4.78. The first kappa shape index (κ1) is 7.11. The second-order valence-corrected chi connectivity index (χ2v) is 5.70. The third kappa shape index (κ3) is 0.439. The molecular weight excluding hydrogens is 148 g/mol. The first-order valence-electron chi connectivity index (χ1n) is 5.03. The Balaban J connectivity index is 2.05. The largest absolute Gasteiger partial charge is 0.299 e. The maximum Gasteiger partial charge on any atom is 0.136 e. The summed E-state index contributed by atoms with van der Waals surface area (Å²) in [6.45, 7) is 7.03. The van der Waals surface area contributed by atoms with Gasteiger partial charge in [-0.15, -0.1) is 0 Å². The number of hydrogen-bond acceptors (Lipinski definition) is 1. The summed E-state index contributed by atoms with van der Waals surface area (Å²) in [5, 5.41) is 0. The number of Topliss-reactive ketones (excluding diaryl/α,β-unsaturated/α-hetero) is 1. The standard InChI is InChI=1S/C11H16O/c1-10(2)7-5-4-6(12)8-9(10)11(7,8)3/h7-9H,4-5H2,1-3H3. The van der Waals surface area contributed by atoms with Crippen LogP contribution >= 0.6 is 0 Å². The second-order valence-electron chi connectivity index (χ2n) is 5.70. The molecule has 0 aromatic carbocycles. The Morgan fingerprint density at radius 2 is 2.00 bits per heavy atom. The van der Waals surface area contributed by atoms with Gasteiger partial charge in [-0.25, -0.2) is 0 Å². The van der Waals surface area contributed by atoms with E-state index >= 15 is 0 Å². The molecule has 0 aromatic heterocycles. The van der Waals surface area contributed by atoms with Gasteiger partial charge in [0, 0.05) is 12.3 Å². The molecule has 0 amide bonds. The van der Waals surface area contributed by atoms with Gasteiger partial charge in [0.2, 0.25) is 0 Å². The maximum atomic E-state index is 11.6. The zero-order valence-corrected chi connectivity index (χ0v) is 8.05. The lowest BCUT2D eigenvalue weighted by atomic mass is 9.54. The van der Waals surface area contributed by atoms with Crippen LogP contribution in [0.5, 0.6) is 0 Å². The summed E-state index contributed by atoms with van der Waals surface area (Å²) < 4.78 is 0. The van der Waals surface area contributed by atoms with Crippen molar-refractivity contribution in [3.8, 4) is 0 Å². The summed E-state index contributed by atoms with van der Waals surface area (Å²) in [5.41, 5.74) is 0.935. The Labute approximate surface area is 73.5 Å².